The maximum Gasteiger partial charge on any atom is 0.327 e. The SMILES string of the molecule is CCCOP=O. The Balaban J connectivity index is 2.49. The Labute approximate surface area is 38.8 Å². The van der Waals surface area contributed by atoms with Crippen LogP contribution in [0.5, 0.6) is 0 Å². The third kappa shape index (κ3) is 4.06. The Morgan fingerprint density at radius 1 is 1.83 bits per heavy atom. The van der Waals surface area contributed by atoms with Crippen molar-refractivity contribution in [1.29, 1.82) is 0 Å². The summed E-state index contributed by atoms with van der Waals surface area (Å²) in [5.74, 6) is 0. The molecule has 0 saturated carbocycles. The summed E-state index contributed by atoms with van der Waals surface area (Å²) in [5.41, 5.74) is 0. The van der Waals surface area contributed by atoms with Crippen molar-refractivity contribution < 1.29 is 9.09 Å². The number of rotatable bonds is 3. The third-order valence-electron chi connectivity index (χ3n) is 0.348. The van der Waals surface area contributed by atoms with E-state index in [2.05, 4.69) is 4.52 Å². The Kier molecular flexibility index (Phi) is 5.11. The van der Waals surface area contributed by atoms with Gasteiger partial charge >= 0.3 is 8.69 Å². The van der Waals surface area contributed by atoms with Crippen LogP contribution in [0.2, 0.25) is 0 Å². The lowest BCUT2D eigenvalue weighted by atomic mass is 10.5. The number of hydrogen-bond donors (Lipinski definition) is 0. The van der Waals surface area contributed by atoms with Gasteiger partial charge in [0.1, 0.15) is 0 Å². The highest BCUT2D eigenvalue weighted by atomic mass is 31.1. The van der Waals surface area contributed by atoms with Gasteiger partial charge in [-0.1, -0.05) is 6.92 Å². The van der Waals surface area contributed by atoms with E-state index < -0.39 is 0 Å². The van der Waals surface area contributed by atoms with Crippen LogP contribution in [0, 0.1) is 0 Å². The largest absolute Gasteiger partial charge is 0.327 e. The first-order chi connectivity index (χ1) is 2.91. The van der Waals surface area contributed by atoms with Gasteiger partial charge in [-0.25, -0.2) is 4.57 Å². The van der Waals surface area contributed by atoms with Crippen LogP contribution in [0.3, 0.4) is 0 Å². The van der Waals surface area contributed by atoms with E-state index in [-0.39, 0.29) is 8.69 Å². The minimum Gasteiger partial charge on any atom is -0.294 e. The summed E-state index contributed by atoms with van der Waals surface area (Å²) in [5, 5.41) is 0. The lowest BCUT2D eigenvalue weighted by Gasteiger charge is -1.81. The van der Waals surface area contributed by atoms with Crippen LogP contribution in [-0.4, -0.2) is 6.61 Å². The summed E-state index contributed by atoms with van der Waals surface area (Å²) in [6.45, 7) is 2.55. The Morgan fingerprint density at radius 2 is 2.50 bits per heavy atom. The molecule has 0 rings (SSSR count). The first-order valence-corrected chi connectivity index (χ1v) is 2.59. The third-order valence-corrected chi connectivity index (χ3v) is 0.636. The quantitative estimate of drug-likeness (QED) is 0.403. The normalized spacial score (nSPS) is 9.50. The van der Waals surface area contributed by atoms with E-state index in [1.54, 1.807) is 0 Å². The molecule has 0 spiro atoms. The second-order valence-corrected chi connectivity index (χ2v) is 1.32. The van der Waals surface area contributed by atoms with Gasteiger partial charge in [0, 0.05) is 0 Å². The van der Waals surface area contributed by atoms with Crippen molar-refractivity contribution in [3.63, 3.8) is 0 Å². The van der Waals surface area contributed by atoms with Crippen molar-refractivity contribution in [3.05, 3.63) is 0 Å². The monoisotopic (exact) mass is 106 g/mol. The molecule has 0 amide bonds. The highest BCUT2D eigenvalue weighted by Gasteiger charge is 1.74. The first-order valence-electron chi connectivity index (χ1n) is 1.86. The molecule has 0 aliphatic rings. The fraction of sp³-hybridized carbons (Fsp3) is 1.00. The summed E-state index contributed by atoms with van der Waals surface area (Å²) >= 11 is 0. The van der Waals surface area contributed by atoms with Crippen molar-refractivity contribution in [2.45, 2.75) is 13.3 Å². The van der Waals surface area contributed by atoms with Crippen molar-refractivity contribution in [3.8, 4) is 0 Å². The molecule has 0 aliphatic heterocycles. The van der Waals surface area contributed by atoms with Crippen LogP contribution in [0.4, 0.5) is 0 Å². The van der Waals surface area contributed by atoms with Gasteiger partial charge in [0.05, 0.1) is 6.61 Å². The van der Waals surface area contributed by atoms with E-state index >= 15 is 0 Å². The highest BCUT2D eigenvalue weighted by Crippen LogP contribution is 1.93. The zero-order valence-electron chi connectivity index (χ0n) is 3.68. The van der Waals surface area contributed by atoms with E-state index in [9.17, 15) is 4.57 Å². The molecule has 3 heteroatoms. The molecule has 0 bridgehead atoms. The van der Waals surface area contributed by atoms with Gasteiger partial charge in [-0.3, -0.25) is 4.52 Å². The Hall–Kier alpha value is 0.0600. The summed E-state index contributed by atoms with van der Waals surface area (Å²) in [6, 6.07) is 0. The lowest BCUT2D eigenvalue weighted by molar-refractivity contribution is 0.342. The Bertz CT molecular complexity index is 37.8. The molecule has 0 saturated heterocycles. The molecule has 0 atom stereocenters. The van der Waals surface area contributed by atoms with Crippen LogP contribution in [0.15, 0.2) is 0 Å². The van der Waals surface area contributed by atoms with E-state index in [1.807, 2.05) is 6.92 Å². The van der Waals surface area contributed by atoms with Gasteiger partial charge in [-0.05, 0) is 6.42 Å². The molecule has 6 heavy (non-hydrogen) atoms. The predicted molar refractivity (Wildman–Crippen MR) is 23.8 cm³/mol. The van der Waals surface area contributed by atoms with Crippen molar-refractivity contribution in [2.75, 3.05) is 6.61 Å². The molecule has 0 radical (unpaired) electrons. The first kappa shape index (κ1) is 6.06. The van der Waals surface area contributed by atoms with E-state index in [1.165, 1.54) is 0 Å². The van der Waals surface area contributed by atoms with Gasteiger partial charge in [0.2, 0.25) is 0 Å². The van der Waals surface area contributed by atoms with Crippen LogP contribution in [0.25, 0.3) is 0 Å². The van der Waals surface area contributed by atoms with Gasteiger partial charge in [-0.2, -0.15) is 0 Å². The molecule has 0 heterocycles. The molecular weight excluding hydrogens is 99.0 g/mol. The van der Waals surface area contributed by atoms with Crippen LogP contribution < -0.4 is 0 Å². The summed E-state index contributed by atoms with van der Waals surface area (Å²) in [4.78, 5) is 0. The highest BCUT2D eigenvalue weighted by molar-refractivity contribution is 7.17. The van der Waals surface area contributed by atoms with Gasteiger partial charge in [-0.15, -0.1) is 0 Å². The summed E-state index contributed by atoms with van der Waals surface area (Å²) in [7, 11) is -0.205. The molecule has 0 N–H and O–H groups in total. The second-order valence-electron chi connectivity index (χ2n) is 0.908. The fourth-order valence-corrected chi connectivity index (χ4v) is 0.386. The number of hydrogen-bond acceptors (Lipinski definition) is 2. The maximum atomic E-state index is 9.44. The molecule has 0 aromatic heterocycles. The van der Waals surface area contributed by atoms with Gasteiger partial charge < -0.3 is 0 Å². The van der Waals surface area contributed by atoms with E-state index in [0.717, 1.165) is 6.42 Å². The van der Waals surface area contributed by atoms with Crippen molar-refractivity contribution in [1.82, 2.24) is 0 Å². The van der Waals surface area contributed by atoms with E-state index in [0.29, 0.717) is 6.61 Å². The second kappa shape index (κ2) is 5.06. The molecular formula is C3H7O2P. The van der Waals surface area contributed by atoms with Crippen molar-refractivity contribution >= 4 is 8.69 Å². The maximum absolute atomic E-state index is 9.44. The molecule has 0 aromatic carbocycles. The predicted octanol–water partition coefficient (Wildman–Crippen LogP) is 1.62. The lowest BCUT2D eigenvalue weighted by Crippen LogP contribution is -1.74. The van der Waals surface area contributed by atoms with Crippen LogP contribution in [0.1, 0.15) is 13.3 Å². The molecule has 0 aliphatic carbocycles. The minimum atomic E-state index is -0.205. The van der Waals surface area contributed by atoms with E-state index in [4.69, 9.17) is 0 Å². The molecule has 0 aromatic rings. The molecule has 0 fully saturated rings. The summed E-state index contributed by atoms with van der Waals surface area (Å²) < 4.78 is 13.8. The average molecular weight is 106 g/mol. The van der Waals surface area contributed by atoms with Crippen molar-refractivity contribution in [2.24, 2.45) is 0 Å². The summed E-state index contributed by atoms with van der Waals surface area (Å²) in [6.07, 6.45) is 0.926. The zero-order chi connectivity index (χ0) is 4.83. The standard InChI is InChI=1S/C3H7O2P/c1-2-3-5-6-4/h2-3H2,1H3. The minimum absolute atomic E-state index is 0.205. The fourth-order valence-electron chi connectivity index (χ4n) is 0.129. The van der Waals surface area contributed by atoms with Gasteiger partial charge in [0.25, 0.3) is 0 Å². The van der Waals surface area contributed by atoms with Gasteiger partial charge in [0.15, 0.2) is 0 Å². The van der Waals surface area contributed by atoms with Crippen LogP contribution >= 0.6 is 8.69 Å². The smallest absolute Gasteiger partial charge is 0.294 e. The molecule has 2 nitrogen and oxygen atoms in total. The topological polar surface area (TPSA) is 26.3 Å². The molecule has 0 unspecified atom stereocenters. The zero-order valence-corrected chi connectivity index (χ0v) is 4.57. The van der Waals surface area contributed by atoms with Crippen LogP contribution in [-0.2, 0) is 9.09 Å². The average Bonchev–Trinajstić information content (AvgIpc) is 1.61. The molecule has 36 valence electrons. The Morgan fingerprint density at radius 3 is 2.67 bits per heavy atom.